The Morgan fingerprint density at radius 3 is 2.18 bits per heavy atom. The van der Waals surface area contributed by atoms with E-state index in [0.717, 1.165) is 31.6 Å². The zero-order chi connectivity index (χ0) is 32.3. The molecule has 1 heterocycles. The average molecular weight is 605 g/mol. The van der Waals surface area contributed by atoms with Crippen LogP contribution in [0.3, 0.4) is 0 Å². The standard InChI is InChI=1S/C33H44N6O5/c1-7-38(8-2)18-11-19-39(23(3)35-25-15-17-29(40)30(41)20-25)22-24-14-16-28(34-21-24)31(42)36-26-12-9-10-13-27(26)37-32(43)44-33(4,5)6/h9-10,12-17,20-21,35,40-41H,3,7-8,11,18-19,22H2,1-2,4-6H3,(H,36,42)(H,37,43). The molecule has 44 heavy (non-hydrogen) atoms. The molecule has 1 aromatic heterocycles. The van der Waals surface area contributed by atoms with Gasteiger partial charge in [0.25, 0.3) is 5.91 Å². The number of phenols is 2. The second-order valence-electron chi connectivity index (χ2n) is 11.3. The molecular formula is C33H44N6O5. The number of aromatic nitrogens is 1. The summed E-state index contributed by atoms with van der Waals surface area (Å²) in [7, 11) is 0. The van der Waals surface area contributed by atoms with Crippen molar-refractivity contribution in [2.75, 3.05) is 42.1 Å². The first-order valence-electron chi connectivity index (χ1n) is 14.7. The highest BCUT2D eigenvalue weighted by Crippen LogP contribution is 2.28. The van der Waals surface area contributed by atoms with E-state index in [9.17, 15) is 19.8 Å². The van der Waals surface area contributed by atoms with Gasteiger partial charge in [-0.1, -0.05) is 38.6 Å². The number of hydrogen-bond acceptors (Lipinski definition) is 9. The molecule has 0 aliphatic heterocycles. The van der Waals surface area contributed by atoms with Gasteiger partial charge in [0, 0.05) is 31.0 Å². The molecule has 5 N–H and O–H groups in total. The van der Waals surface area contributed by atoms with Crippen LogP contribution in [0.5, 0.6) is 11.5 Å². The predicted molar refractivity (Wildman–Crippen MR) is 174 cm³/mol. The molecule has 2 aromatic carbocycles. The van der Waals surface area contributed by atoms with E-state index in [0.29, 0.717) is 36.0 Å². The van der Waals surface area contributed by atoms with E-state index in [1.165, 1.54) is 12.1 Å². The van der Waals surface area contributed by atoms with Crippen LogP contribution in [0.4, 0.5) is 21.9 Å². The van der Waals surface area contributed by atoms with Crippen molar-refractivity contribution in [3.05, 3.63) is 84.5 Å². The summed E-state index contributed by atoms with van der Waals surface area (Å²) < 4.78 is 5.33. The molecule has 0 aliphatic rings. The van der Waals surface area contributed by atoms with Gasteiger partial charge in [-0.05, 0) is 82.7 Å². The lowest BCUT2D eigenvalue weighted by molar-refractivity contribution is 0.0635. The number of benzene rings is 2. The highest BCUT2D eigenvalue weighted by atomic mass is 16.6. The molecule has 0 fully saturated rings. The summed E-state index contributed by atoms with van der Waals surface area (Å²) in [6.07, 6.45) is 1.92. The fraction of sp³-hybridized carbons (Fsp3) is 0.364. The first-order valence-corrected chi connectivity index (χ1v) is 14.7. The number of para-hydroxylation sites is 2. The summed E-state index contributed by atoms with van der Waals surface area (Å²) in [5, 5.41) is 28.2. The molecule has 3 rings (SSSR count). The van der Waals surface area contributed by atoms with Crippen LogP contribution in [0.25, 0.3) is 0 Å². The maximum atomic E-state index is 13.0. The van der Waals surface area contributed by atoms with E-state index in [4.69, 9.17) is 4.74 Å². The molecule has 0 saturated heterocycles. The van der Waals surface area contributed by atoms with Crippen LogP contribution in [-0.4, -0.2) is 68.8 Å². The van der Waals surface area contributed by atoms with Crippen LogP contribution in [0.1, 0.15) is 57.1 Å². The number of rotatable bonds is 14. The van der Waals surface area contributed by atoms with Gasteiger partial charge >= 0.3 is 6.09 Å². The Morgan fingerprint density at radius 1 is 0.909 bits per heavy atom. The molecule has 0 aliphatic carbocycles. The number of nitrogens with one attached hydrogen (secondary N) is 3. The maximum absolute atomic E-state index is 13.0. The van der Waals surface area contributed by atoms with Crippen molar-refractivity contribution in [3.63, 3.8) is 0 Å². The second kappa shape index (κ2) is 15.6. The zero-order valence-electron chi connectivity index (χ0n) is 26.2. The van der Waals surface area contributed by atoms with Crippen molar-refractivity contribution in [2.24, 2.45) is 0 Å². The maximum Gasteiger partial charge on any atom is 0.412 e. The van der Waals surface area contributed by atoms with Crippen LogP contribution >= 0.6 is 0 Å². The molecule has 0 saturated carbocycles. The first kappa shape index (κ1) is 33.7. The van der Waals surface area contributed by atoms with Crippen LogP contribution in [0, 0.1) is 0 Å². The number of carbonyl (C=O) groups excluding carboxylic acids is 2. The number of nitrogens with zero attached hydrogens (tertiary/aromatic N) is 3. The van der Waals surface area contributed by atoms with E-state index < -0.39 is 17.6 Å². The third-order valence-electron chi connectivity index (χ3n) is 6.68. The van der Waals surface area contributed by atoms with Crippen molar-refractivity contribution >= 4 is 29.1 Å². The molecule has 0 bridgehead atoms. The number of ether oxygens (including phenoxy) is 1. The van der Waals surface area contributed by atoms with E-state index >= 15 is 0 Å². The lowest BCUT2D eigenvalue weighted by atomic mass is 10.2. The van der Waals surface area contributed by atoms with Gasteiger partial charge < -0.3 is 35.4 Å². The van der Waals surface area contributed by atoms with Gasteiger partial charge in [-0.3, -0.25) is 15.1 Å². The predicted octanol–water partition coefficient (Wildman–Crippen LogP) is 6.21. The minimum absolute atomic E-state index is 0.199. The van der Waals surface area contributed by atoms with Crippen molar-refractivity contribution in [3.8, 4) is 11.5 Å². The summed E-state index contributed by atoms with van der Waals surface area (Å²) in [4.78, 5) is 34.1. The Morgan fingerprint density at radius 2 is 1.59 bits per heavy atom. The van der Waals surface area contributed by atoms with E-state index in [1.54, 1.807) is 63.4 Å². The summed E-state index contributed by atoms with van der Waals surface area (Å²) in [6.45, 7) is 17.9. The third kappa shape index (κ3) is 10.5. The van der Waals surface area contributed by atoms with Crippen molar-refractivity contribution in [1.82, 2.24) is 14.8 Å². The summed E-state index contributed by atoms with van der Waals surface area (Å²) in [6, 6.07) is 14.8. The molecule has 0 unspecified atom stereocenters. The second-order valence-corrected chi connectivity index (χ2v) is 11.3. The minimum atomic E-state index is -0.661. The van der Waals surface area contributed by atoms with Gasteiger partial charge in [-0.15, -0.1) is 0 Å². The number of phenolic OH excluding ortho intramolecular Hbond substituents is 2. The van der Waals surface area contributed by atoms with Crippen molar-refractivity contribution in [2.45, 2.75) is 53.2 Å². The van der Waals surface area contributed by atoms with E-state index in [-0.39, 0.29) is 17.2 Å². The molecule has 0 atom stereocenters. The SMILES string of the molecule is C=C(Nc1ccc(O)c(O)c1)N(CCCN(CC)CC)Cc1ccc(C(=O)Nc2ccccc2NC(=O)OC(C)(C)C)nc1. The van der Waals surface area contributed by atoms with Crippen molar-refractivity contribution < 1.29 is 24.5 Å². The smallest absolute Gasteiger partial charge is 0.412 e. The highest BCUT2D eigenvalue weighted by Gasteiger charge is 2.18. The fourth-order valence-electron chi connectivity index (χ4n) is 4.36. The van der Waals surface area contributed by atoms with Crippen LogP contribution in [0.2, 0.25) is 0 Å². The highest BCUT2D eigenvalue weighted by molar-refractivity contribution is 6.05. The summed E-state index contributed by atoms with van der Waals surface area (Å²) in [5.74, 6) is -0.234. The van der Waals surface area contributed by atoms with Gasteiger partial charge in [0.05, 0.1) is 17.2 Å². The lowest BCUT2D eigenvalue weighted by Crippen LogP contribution is -2.31. The van der Waals surface area contributed by atoms with Crippen LogP contribution in [0.15, 0.2) is 73.2 Å². The average Bonchev–Trinajstić information content (AvgIpc) is 2.97. The Balaban J connectivity index is 1.69. The van der Waals surface area contributed by atoms with E-state index in [1.807, 2.05) is 6.07 Å². The quantitative estimate of drug-likeness (QED) is 0.107. The molecule has 11 heteroatoms. The number of amides is 2. The largest absolute Gasteiger partial charge is 0.504 e. The zero-order valence-corrected chi connectivity index (χ0v) is 26.2. The Labute approximate surface area is 259 Å². The van der Waals surface area contributed by atoms with Crippen LogP contribution in [-0.2, 0) is 11.3 Å². The Kier molecular flexibility index (Phi) is 12.0. The summed E-state index contributed by atoms with van der Waals surface area (Å²) in [5.41, 5.74) is 1.83. The lowest BCUT2D eigenvalue weighted by Gasteiger charge is -2.29. The molecule has 0 radical (unpaired) electrons. The summed E-state index contributed by atoms with van der Waals surface area (Å²) >= 11 is 0. The topological polar surface area (TPSA) is 139 Å². The number of hydrogen-bond donors (Lipinski definition) is 5. The van der Waals surface area contributed by atoms with Gasteiger partial charge in [-0.2, -0.15) is 0 Å². The Hall–Kier alpha value is -4.77. The third-order valence-corrected chi connectivity index (χ3v) is 6.68. The molecular weight excluding hydrogens is 560 g/mol. The number of aromatic hydroxyl groups is 2. The number of anilines is 3. The van der Waals surface area contributed by atoms with Gasteiger partial charge in [0.2, 0.25) is 0 Å². The molecule has 236 valence electrons. The van der Waals surface area contributed by atoms with Crippen molar-refractivity contribution in [1.29, 1.82) is 0 Å². The molecule has 2 amide bonds. The van der Waals surface area contributed by atoms with Gasteiger partial charge in [0.15, 0.2) is 11.5 Å². The normalized spacial score (nSPS) is 11.1. The van der Waals surface area contributed by atoms with Gasteiger partial charge in [0.1, 0.15) is 11.3 Å². The first-order chi connectivity index (χ1) is 20.9. The van der Waals surface area contributed by atoms with Gasteiger partial charge in [-0.25, -0.2) is 4.79 Å². The number of carbonyl (C=O) groups is 2. The molecule has 3 aromatic rings. The van der Waals surface area contributed by atoms with E-state index in [2.05, 4.69) is 51.2 Å². The molecule has 0 spiro atoms. The fourth-order valence-corrected chi connectivity index (χ4v) is 4.36. The monoisotopic (exact) mass is 604 g/mol. The van der Waals surface area contributed by atoms with Crippen LogP contribution < -0.4 is 16.0 Å². The Bertz CT molecular complexity index is 1420. The molecule has 11 nitrogen and oxygen atoms in total. The number of pyridine rings is 1. The minimum Gasteiger partial charge on any atom is -0.504 e.